The number of rotatable bonds is 3. The van der Waals surface area contributed by atoms with E-state index in [-0.39, 0.29) is 35.3 Å². The van der Waals surface area contributed by atoms with Gasteiger partial charge in [0.2, 0.25) is 5.95 Å². The maximum absolute atomic E-state index is 14.6. The van der Waals surface area contributed by atoms with Crippen molar-refractivity contribution in [2.24, 2.45) is 4.99 Å². The van der Waals surface area contributed by atoms with E-state index in [1.54, 1.807) is 0 Å². The van der Waals surface area contributed by atoms with Gasteiger partial charge in [0.05, 0.1) is 25.0 Å². The Morgan fingerprint density at radius 1 is 1.12 bits per heavy atom. The summed E-state index contributed by atoms with van der Waals surface area (Å²) in [7, 11) is 0. The Kier molecular flexibility index (Phi) is 5.11. The van der Waals surface area contributed by atoms with Crippen LogP contribution in [-0.2, 0) is 6.18 Å². The molecule has 1 saturated heterocycles. The van der Waals surface area contributed by atoms with Gasteiger partial charge >= 0.3 is 6.18 Å². The average Bonchev–Trinajstić information content (AvgIpc) is 3.43. The van der Waals surface area contributed by atoms with Crippen molar-refractivity contribution >= 4 is 17.7 Å². The van der Waals surface area contributed by atoms with Crippen LogP contribution in [0.3, 0.4) is 0 Å². The van der Waals surface area contributed by atoms with E-state index in [0.717, 1.165) is 18.0 Å². The van der Waals surface area contributed by atoms with Gasteiger partial charge in [-0.05, 0) is 19.4 Å². The van der Waals surface area contributed by atoms with Gasteiger partial charge in [0.1, 0.15) is 11.5 Å². The van der Waals surface area contributed by atoms with Crippen molar-refractivity contribution in [3.8, 4) is 11.5 Å². The zero-order valence-electron chi connectivity index (χ0n) is 17.8. The summed E-state index contributed by atoms with van der Waals surface area (Å²) in [6, 6.07) is 1.21. The number of nitrogens with one attached hydrogen (secondary N) is 1. The molecule has 3 aromatic rings. The Labute approximate surface area is 186 Å². The summed E-state index contributed by atoms with van der Waals surface area (Å²) in [4.78, 5) is 22.1. The molecule has 172 valence electrons. The highest BCUT2D eigenvalue weighted by Crippen LogP contribution is 2.30. The predicted octanol–water partition coefficient (Wildman–Crippen LogP) is 2.91. The minimum atomic E-state index is -4.64. The van der Waals surface area contributed by atoms with Crippen LogP contribution in [0.1, 0.15) is 19.5 Å². The maximum Gasteiger partial charge on any atom is 0.434 e. The van der Waals surface area contributed by atoms with Crippen LogP contribution in [0.5, 0.6) is 0 Å². The summed E-state index contributed by atoms with van der Waals surface area (Å²) < 4.78 is 55.3. The van der Waals surface area contributed by atoms with Gasteiger partial charge in [-0.3, -0.25) is 9.39 Å². The zero-order valence-corrected chi connectivity index (χ0v) is 17.8. The molecule has 0 amide bonds. The molecule has 0 radical (unpaired) electrons. The summed E-state index contributed by atoms with van der Waals surface area (Å²) >= 11 is 0. The molecule has 8 nitrogen and oxygen atoms in total. The number of nitrogens with zero attached hydrogens (tertiary/aromatic N) is 7. The zero-order chi connectivity index (χ0) is 23.3. The molecule has 3 unspecified atom stereocenters. The first-order valence-electron chi connectivity index (χ1n) is 10.4. The molecule has 0 saturated carbocycles. The Balaban J connectivity index is 1.56. The molecule has 1 N–H and O–H groups in total. The molecule has 5 rings (SSSR count). The first-order valence-corrected chi connectivity index (χ1v) is 10.4. The van der Waals surface area contributed by atoms with E-state index in [1.165, 1.54) is 16.7 Å². The Hall–Kier alpha value is -3.41. The minimum absolute atomic E-state index is 0.0299. The van der Waals surface area contributed by atoms with Crippen LogP contribution < -0.4 is 10.2 Å². The molecule has 1 fully saturated rings. The SMILES string of the molecule is CC1CN(c2cc(F)nc(-c3cnc4cnc(C(F)(F)F)cn34)n2)C(C)C(C2=CCN=C2)N1. The van der Waals surface area contributed by atoms with E-state index in [0.29, 0.717) is 18.9 Å². The summed E-state index contributed by atoms with van der Waals surface area (Å²) in [6.45, 7) is 5.22. The minimum Gasteiger partial charge on any atom is -0.350 e. The largest absolute Gasteiger partial charge is 0.434 e. The van der Waals surface area contributed by atoms with E-state index >= 15 is 0 Å². The normalized spacial score (nSPS) is 23.4. The van der Waals surface area contributed by atoms with E-state index in [4.69, 9.17) is 0 Å². The summed E-state index contributed by atoms with van der Waals surface area (Å²) in [5, 5.41) is 3.54. The lowest BCUT2D eigenvalue weighted by molar-refractivity contribution is -0.141. The molecule has 33 heavy (non-hydrogen) atoms. The maximum atomic E-state index is 14.6. The van der Waals surface area contributed by atoms with Crippen molar-refractivity contribution in [2.75, 3.05) is 18.0 Å². The fraction of sp³-hybridized carbons (Fsp3) is 0.381. The van der Waals surface area contributed by atoms with Crippen LogP contribution in [0, 0.1) is 5.95 Å². The highest BCUT2D eigenvalue weighted by molar-refractivity contribution is 5.83. The molecule has 0 aliphatic carbocycles. The van der Waals surface area contributed by atoms with Crippen molar-refractivity contribution in [3.05, 3.63) is 47.9 Å². The van der Waals surface area contributed by atoms with Gasteiger partial charge in [0, 0.05) is 37.1 Å². The second-order valence-corrected chi connectivity index (χ2v) is 8.15. The monoisotopic (exact) mass is 460 g/mol. The second-order valence-electron chi connectivity index (χ2n) is 8.15. The number of alkyl halides is 3. The highest BCUT2D eigenvalue weighted by atomic mass is 19.4. The Morgan fingerprint density at radius 2 is 1.94 bits per heavy atom. The number of anilines is 1. The number of halogens is 4. The molecule has 3 atom stereocenters. The van der Waals surface area contributed by atoms with Crippen LogP contribution in [0.4, 0.5) is 23.4 Å². The van der Waals surface area contributed by atoms with E-state index in [2.05, 4.69) is 30.2 Å². The Morgan fingerprint density at radius 3 is 2.67 bits per heavy atom. The third-order valence-corrected chi connectivity index (χ3v) is 5.83. The van der Waals surface area contributed by atoms with Crippen molar-refractivity contribution in [2.45, 2.75) is 38.1 Å². The van der Waals surface area contributed by atoms with Crippen molar-refractivity contribution in [1.29, 1.82) is 0 Å². The molecule has 0 spiro atoms. The Bertz CT molecular complexity index is 1260. The lowest BCUT2D eigenvalue weighted by atomic mass is 9.95. The van der Waals surface area contributed by atoms with Crippen molar-refractivity contribution in [1.82, 2.24) is 29.7 Å². The molecule has 12 heteroatoms. The van der Waals surface area contributed by atoms with Crippen LogP contribution in [0.15, 0.2) is 41.3 Å². The molecule has 5 heterocycles. The fourth-order valence-electron chi connectivity index (χ4n) is 4.26. The van der Waals surface area contributed by atoms with Gasteiger partial charge < -0.3 is 10.2 Å². The van der Waals surface area contributed by atoms with Crippen LogP contribution >= 0.6 is 0 Å². The summed E-state index contributed by atoms with van der Waals surface area (Å²) in [5.41, 5.74) is 0.272. The highest BCUT2D eigenvalue weighted by Gasteiger charge is 2.35. The summed E-state index contributed by atoms with van der Waals surface area (Å²) in [6.07, 6.45) is 2.37. The molecule has 2 aliphatic rings. The fourth-order valence-corrected chi connectivity index (χ4v) is 4.26. The van der Waals surface area contributed by atoms with Gasteiger partial charge in [-0.1, -0.05) is 6.08 Å². The molecule has 0 bridgehead atoms. The lowest BCUT2D eigenvalue weighted by Crippen LogP contribution is -2.61. The number of piperazine rings is 1. The third-order valence-electron chi connectivity index (χ3n) is 5.83. The van der Waals surface area contributed by atoms with Gasteiger partial charge in [0.15, 0.2) is 17.2 Å². The van der Waals surface area contributed by atoms with Gasteiger partial charge in [0.25, 0.3) is 0 Å². The smallest absolute Gasteiger partial charge is 0.350 e. The van der Waals surface area contributed by atoms with Gasteiger partial charge in [-0.25, -0.2) is 15.0 Å². The number of fused-ring (bicyclic) bond motifs is 1. The first-order chi connectivity index (χ1) is 15.7. The second kappa shape index (κ2) is 7.87. The first kappa shape index (κ1) is 21.4. The third kappa shape index (κ3) is 3.94. The predicted molar refractivity (Wildman–Crippen MR) is 114 cm³/mol. The number of aromatic nitrogens is 5. The lowest BCUT2D eigenvalue weighted by Gasteiger charge is -2.44. The topological polar surface area (TPSA) is 83.6 Å². The number of imidazole rings is 1. The standard InChI is InChI=1S/C21H20F4N8/c1-11-9-32(12(2)19(29-11)13-3-4-26-6-13)17-5-16(22)30-20(31-17)14-7-28-18-8-27-15(10-33(14)18)21(23,24)25/h3,5-8,10-12,19,29H,4,9H2,1-2H3. The quantitative estimate of drug-likeness (QED) is 0.478. The molecular formula is C21H20F4N8. The van der Waals surface area contributed by atoms with Gasteiger partial charge in [-0.2, -0.15) is 22.5 Å². The molecule has 3 aromatic heterocycles. The van der Waals surface area contributed by atoms with Crippen LogP contribution in [0.25, 0.3) is 17.2 Å². The molecule has 2 aliphatic heterocycles. The van der Waals surface area contributed by atoms with E-state index in [9.17, 15) is 17.6 Å². The number of aliphatic imine (C=N–C) groups is 1. The molecular weight excluding hydrogens is 440 g/mol. The van der Waals surface area contributed by atoms with Gasteiger partial charge in [-0.15, -0.1) is 0 Å². The van der Waals surface area contributed by atoms with E-state index < -0.39 is 17.8 Å². The molecule has 0 aromatic carbocycles. The van der Waals surface area contributed by atoms with Crippen molar-refractivity contribution in [3.63, 3.8) is 0 Å². The summed E-state index contributed by atoms with van der Waals surface area (Å²) in [5.74, 6) is -0.501. The van der Waals surface area contributed by atoms with E-state index in [1.807, 2.05) is 31.0 Å². The number of hydrogen-bond acceptors (Lipinski definition) is 7. The van der Waals surface area contributed by atoms with Crippen molar-refractivity contribution < 1.29 is 17.6 Å². The van der Waals surface area contributed by atoms with Crippen LogP contribution in [-0.4, -0.2) is 61.8 Å². The number of hydrogen-bond donors (Lipinski definition) is 1. The van der Waals surface area contributed by atoms with Crippen LogP contribution in [0.2, 0.25) is 0 Å². The average molecular weight is 460 g/mol.